The number of hydrogen-bond acceptors (Lipinski definition) is 4. The first-order chi connectivity index (χ1) is 13.3. The summed E-state index contributed by atoms with van der Waals surface area (Å²) in [6, 6.07) is 21.4. The molecule has 1 unspecified atom stereocenters. The van der Waals surface area contributed by atoms with Crippen molar-refractivity contribution in [1.29, 1.82) is 0 Å². The number of para-hydroxylation sites is 1. The molecular formula is C22H24N2O2S. The Kier molecular flexibility index (Phi) is 7.02. The molecule has 0 aliphatic rings. The molecule has 27 heavy (non-hydrogen) atoms. The summed E-state index contributed by atoms with van der Waals surface area (Å²) in [6.07, 6.45) is 0.747. The summed E-state index contributed by atoms with van der Waals surface area (Å²) in [7, 11) is 1.93. The molecule has 3 aromatic rings. The average molecular weight is 381 g/mol. The Balaban J connectivity index is 1.73. The van der Waals surface area contributed by atoms with Gasteiger partial charge in [-0.25, -0.2) is 0 Å². The lowest BCUT2D eigenvalue weighted by atomic mass is 10.1. The number of rotatable bonds is 9. The molecule has 3 rings (SSSR count). The topological polar surface area (TPSA) is 50.4 Å². The number of carbonyl (C=O) groups excluding carboxylic acids is 1. The van der Waals surface area contributed by atoms with Gasteiger partial charge in [-0.15, -0.1) is 11.3 Å². The van der Waals surface area contributed by atoms with Gasteiger partial charge in [0.1, 0.15) is 11.9 Å². The summed E-state index contributed by atoms with van der Waals surface area (Å²) < 4.78 is 6.27. The number of thiophene rings is 1. The molecule has 0 aliphatic carbocycles. The third kappa shape index (κ3) is 5.42. The first kappa shape index (κ1) is 19.1. The minimum absolute atomic E-state index is 0.0828. The minimum atomic E-state index is -0.131. The smallest absolute Gasteiger partial charge is 0.255 e. The third-order valence-electron chi connectivity index (χ3n) is 4.21. The third-order valence-corrected chi connectivity index (χ3v) is 5.18. The fourth-order valence-corrected chi connectivity index (χ4v) is 3.58. The van der Waals surface area contributed by atoms with Crippen LogP contribution in [0, 0.1) is 0 Å². The maximum absolute atomic E-state index is 12.7. The lowest BCUT2D eigenvalue weighted by Crippen LogP contribution is -2.24. The van der Waals surface area contributed by atoms with Gasteiger partial charge in [0, 0.05) is 17.8 Å². The number of ether oxygens (including phenoxy) is 1. The van der Waals surface area contributed by atoms with Crippen molar-refractivity contribution in [3.05, 3.63) is 88.1 Å². The Hall–Kier alpha value is -2.63. The molecule has 1 heterocycles. The van der Waals surface area contributed by atoms with Gasteiger partial charge in [-0.1, -0.05) is 48.5 Å². The highest BCUT2D eigenvalue weighted by atomic mass is 32.1. The fraction of sp³-hybridized carbons (Fsp3) is 0.227. The van der Waals surface area contributed by atoms with E-state index < -0.39 is 0 Å². The van der Waals surface area contributed by atoms with Gasteiger partial charge in [-0.3, -0.25) is 4.79 Å². The standard InChI is InChI=1S/C22H24N2O2S/c1-23-14-13-20(21-12-7-15-27-21)26-19-11-6-5-10-18(19)22(25)24-16-17-8-3-2-4-9-17/h2-12,15,20,23H,13-14,16H2,1H3,(H,24,25). The summed E-state index contributed by atoms with van der Waals surface area (Å²) in [4.78, 5) is 13.9. The summed E-state index contributed by atoms with van der Waals surface area (Å²) in [6.45, 7) is 1.33. The van der Waals surface area contributed by atoms with E-state index in [1.165, 1.54) is 0 Å². The van der Waals surface area contributed by atoms with E-state index in [0.717, 1.165) is 23.4 Å². The molecular weight excluding hydrogens is 356 g/mol. The second-order valence-corrected chi connectivity index (χ2v) is 7.16. The van der Waals surface area contributed by atoms with Crippen molar-refractivity contribution in [3.63, 3.8) is 0 Å². The predicted octanol–water partition coefficient (Wildman–Crippen LogP) is 4.41. The van der Waals surface area contributed by atoms with Crippen LogP contribution in [0.25, 0.3) is 0 Å². The first-order valence-electron chi connectivity index (χ1n) is 9.03. The summed E-state index contributed by atoms with van der Waals surface area (Å²) in [5.41, 5.74) is 1.62. The van der Waals surface area contributed by atoms with E-state index in [9.17, 15) is 4.79 Å². The zero-order valence-corrected chi connectivity index (χ0v) is 16.2. The van der Waals surface area contributed by atoms with Crippen molar-refractivity contribution in [1.82, 2.24) is 10.6 Å². The number of carbonyl (C=O) groups is 1. The minimum Gasteiger partial charge on any atom is -0.484 e. The molecule has 5 heteroatoms. The molecule has 2 aromatic carbocycles. The van der Waals surface area contributed by atoms with Gasteiger partial charge in [0.15, 0.2) is 0 Å². The van der Waals surface area contributed by atoms with E-state index in [2.05, 4.69) is 16.7 Å². The Labute approximate surface area is 164 Å². The van der Waals surface area contributed by atoms with E-state index in [-0.39, 0.29) is 12.0 Å². The molecule has 0 saturated heterocycles. The van der Waals surface area contributed by atoms with Crippen molar-refractivity contribution in [2.45, 2.75) is 19.1 Å². The van der Waals surface area contributed by atoms with Gasteiger partial charge in [-0.05, 0) is 42.7 Å². The van der Waals surface area contributed by atoms with Gasteiger partial charge in [0.25, 0.3) is 5.91 Å². The van der Waals surface area contributed by atoms with Crippen LogP contribution in [0.2, 0.25) is 0 Å². The molecule has 140 valence electrons. The second kappa shape index (κ2) is 9.90. The van der Waals surface area contributed by atoms with Crippen molar-refractivity contribution >= 4 is 17.2 Å². The van der Waals surface area contributed by atoms with E-state index in [4.69, 9.17) is 4.74 Å². The Morgan fingerprint density at radius 1 is 1.04 bits per heavy atom. The maximum Gasteiger partial charge on any atom is 0.255 e. The van der Waals surface area contributed by atoms with Crippen molar-refractivity contribution in [2.75, 3.05) is 13.6 Å². The molecule has 4 nitrogen and oxygen atoms in total. The SMILES string of the molecule is CNCCC(Oc1ccccc1C(=O)NCc1ccccc1)c1cccs1. The maximum atomic E-state index is 12.7. The van der Waals surface area contributed by atoms with Crippen LogP contribution < -0.4 is 15.4 Å². The molecule has 0 bridgehead atoms. The van der Waals surface area contributed by atoms with Gasteiger partial charge in [0.2, 0.25) is 0 Å². The van der Waals surface area contributed by atoms with Crippen LogP contribution in [-0.2, 0) is 6.54 Å². The van der Waals surface area contributed by atoms with Gasteiger partial charge in [-0.2, -0.15) is 0 Å². The normalized spacial score (nSPS) is 11.7. The Morgan fingerprint density at radius 2 is 1.81 bits per heavy atom. The fourth-order valence-electron chi connectivity index (χ4n) is 2.79. The molecule has 0 aliphatic heterocycles. The highest BCUT2D eigenvalue weighted by Gasteiger charge is 2.18. The highest BCUT2D eigenvalue weighted by Crippen LogP contribution is 2.30. The van der Waals surface area contributed by atoms with E-state index in [1.54, 1.807) is 17.4 Å². The zero-order valence-electron chi connectivity index (χ0n) is 15.4. The van der Waals surface area contributed by atoms with Crippen molar-refractivity contribution in [3.8, 4) is 5.75 Å². The molecule has 2 N–H and O–H groups in total. The number of benzene rings is 2. The zero-order chi connectivity index (χ0) is 18.9. The lowest BCUT2D eigenvalue weighted by molar-refractivity contribution is 0.0942. The van der Waals surface area contributed by atoms with Crippen molar-refractivity contribution in [2.24, 2.45) is 0 Å². The van der Waals surface area contributed by atoms with Gasteiger partial charge in [0.05, 0.1) is 5.56 Å². The summed E-state index contributed by atoms with van der Waals surface area (Å²) in [5.74, 6) is 0.477. The largest absolute Gasteiger partial charge is 0.484 e. The molecule has 1 amide bonds. The average Bonchev–Trinajstić information content (AvgIpc) is 3.25. The molecule has 0 spiro atoms. The summed E-state index contributed by atoms with van der Waals surface area (Å²) in [5, 5.41) is 8.19. The Bertz CT molecular complexity index is 835. The number of amides is 1. The van der Waals surface area contributed by atoms with E-state index in [0.29, 0.717) is 17.9 Å². The van der Waals surface area contributed by atoms with Crippen LogP contribution in [-0.4, -0.2) is 19.5 Å². The van der Waals surface area contributed by atoms with Crippen LogP contribution in [0.1, 0.15) is 33.3 Å². The monoisotopic (exact) mass is 380 g/mol. The highest BCUT2D eigenvalue weighted by molar-refractivity contribution is 7.10. The number of hydrogen-bond donors (Lipinski definition) is 2. The first-order valence-corrected chi connectivity index (χ1v) is 9.91. The van der Waals surface area contributed by atoms with Crippen LogP contribution in [0.3, 0.4) is 0 Å². The van der Waals surface area contributed by atoms with Crippen LogP contribution >= 0.6 is 11.3 Å². The van der Waals surface area contributed by atoms with E-state index >= 15 is 0 Å². The summed E-state index contributed by atoms with van der Waals surface area (Å²) >= 11 is 1.67. The van der Waals surface area contributed by atoms with Crippen LogP contribution in [0.5, 0.6) is 5.75 Å². The van der Waals surface area contributed by atoms with Gasteiger partial charge >= 0.3 is 0 Å². The Morgan fingerprint density at radius 3 is 2.56 bits per heavy atom. The predicted molar refractivity (Wildman–Crippen MR) is 110 cm³/mol. The van der Waals surface area contributed by atoms with Crippen molar-refractivity contribution < 1.29 is 9.53 Å². The number of nitrogens with one attached hydrogen (secondary N) is 2. The van der Waals surface area contributed by atoms with Crippen LogP contribution in [0.15, 0.2) is 72.1 Å². The molecule has 0 radical (unpaired) electrons. The molecule has 0 fully saturated rings. The molecule has 1 atom stereocenters. The van der Waals surface area contributed by atoms with Gasteiger partial charge < -0.3 is 15.4 Å². The van der Waals surface area contributed by atoms with E-state index in [1.807, 2.05) is 67.0 Å². The molecule has 1 aromatic heterocycles. The quantitative estimate of drug-likeness (QED) is 0.578. The van der Waals surface area contributed by atoms with Crippen LogP contribution in [0.4, 0.5) is 0 Å². The lowest BCUT2D eigenvalue weighted by Gasteiger charge is -2.20. The molecule has 0 saturated carbocycles. The second-order valence-electron chi connectivity index (χ2n) is 6.18.